The molecule has 1 atom stereocenters. The van der Waals surface area contributed by atoms with Crippen molar-refractivity contribution in [3.05, 3.63) is 67.6 Å². The average Bonchev–Trinajstić information content (AvgIpc) is 3.14. The lowest BCUT2D eigenvalue weighted by Gasteiger charge is -2.29. The summed E-state index contributed by atoms with van der Waals surface area (Å²) in [6, 6.07) is 9.16. The van der Waals surface area contributed by atoms with Crippen LogP contribution < -0.4 is 5.32 Å². The Balaban J connectivity index is 1.88. The molecule has 0 fully saturated rings. The third kappa shape index (κ3) is 4.96. The second kappa shape index (κ2) is 9.30. The Kier molecular flexibility index (Phi) is 7.12. The molecular weight excluding hydrogens is 545 g/mol. The van der Waals surface area contributed by atoms with Gasteiger partial charge in [-0.3, -0.25) is 4.79 Å². The normalized spacial score (nSPS) is 18.5. The fourth-order valence-electron chi connectivity index (χ4n) is 3.31. The first kappa shape index (κ1) is 23.7. The molecule has 1 unspecified atom stereocenters. The largest absolute Gasteiger partial charge is 0.435 e. The molecule has 3 rings (SSSR count). The minimum Gasteiger partial charge on any atom is -0.383 e. The van der Waals surface area contributed by atoms with Crippen LogP contribution in [-0.2, 0) is 15.2 Å². The van der Waals surface area contributed by atoms with Gasteiger partial charge in [0.05, 0.1) is 12.3 Å². The molecule has 1 heterocycles. The van der Waals surface area contributed by atoms with Gasteiger partial charge in [-0.05, 0) is 48.4 Å². The van der Waals surface area contributed by atoms with E-state index in [1.807, 2.05) is 0 Å². The standard InChI is InChI=1S/C21H19Br2F3N2O3/c1-12-7-13(3-4-17(12)19(29)27-5-6-30-2)18-11-20(31-28-18,21(24,25)26)14-8-15(22)10-16(23)9-14/h3-4,7-10H,5-6,11H2,1-2H3,(H,27,29). The maximum Gasteiger partial charge on any atom is 0.435 e. The van der Waals surface area contributed by atoms with E-state index in [1.54, 1.807) is 31.2 Å². The van der Waals surface area contributed by atoms with E-state index in [4.69, 9.17) is 9.57 Å². The molecule has 5 nitrogen and oxygen atoms in total. The molecule has 1 aliphatic heterocycles. The second-order valence-electron chi connectivity index (χ2n) is 7.07. The van der Waals surface area contributed by atoms with Gasteiger partial charge < -0.3 is 14.9 Å². The number of alkyl halides is 3. The van der Waals surface area contributed by atoms with Crippen LogP contribution in [0.15, 0.2) is 50.5 Å². The fraction of sp³-hybridized carbons (Fsp3) is 0.333. The lowest BCUT2D eigenvalue weighted by atomic mass is 9.86. The van der Waals surface area contributed by atoms with Crippen LogP contribution >= 0.6 is 31.9 Å². The molecule has 2 aromatic carbocycles. The van der Waals surface area contributed by atoms with Crippen molar-refractivity contribution in [2.45, 2.75) is 25.1 Å². The van der Waals surface area contributed by atoms with E-state index in [2.05, 4.69) is 42.3 Å². The zero-order valence-electron chi connectivity index (χ0n) is 16.6. The van der Waals surface area contributed by atoms with Crippen molar-refractivity contribution in [3.63, 3.8) is 0 Å². The van der Waals surface area contributed by atoms with Crippen molar-refractivity contribution < 1.29 is 27.5 Å². The van der Waals surface area contributed by atoms with Gasteiger partial charge in [0, 0.05) is 40.1 Å². The number of aryl methyl sites for hydroxylation is 1. The summed E-state index contributed by atoms with van der Waals surface area (Å²) in [7, 11) is 1.53. The van der Waals surface area contributed by atoms with Crippen LogP contribution in [0.2, 0.25) is 0 Å². The number of hydrogen-bond donors (Lipinski definition) is 1. The van der Waals surface area contributed by atoms with Crippen LogP contribution in [0, 0.1) is 6.92 Å². The van der Waals surface area contributed by atoms with Crippen LogP contribution in [-0.4, -0.2) is 38.1 Å². The highest BCUT2D eigenvalue weighted by Crippen LogP contribution is 2.49. The van der Waals surface area contributed by atoms with Crippen molar-refractivity contribution in [1.29, 1.82) is 0 Å². The molecule has 0 spiro atoms. The Morgan fingerprint density at radius 3 is 2.48 bits per heavy atom. The summed E-state index contributed by atoms with van der Waals surface area (Å²) < 4.78 is 48.3. The van der Waals surface area contributed by atoms with Crippen molar-refractivity contribution >= 4 is 43.5 Å². The predicted octanol–water partition coefficient (Wildman–Crippen LogP) is 5.48. The number of oxime groups is 1. The molecule has 1 aliphatic rings. The number of nitrogens with zero attached hydrogens (tertiary/aromatic N) is 1. The Bertz CT molecular complexity index is 1010. The third-order valence-corrected chi connectivity index (χ3v) is 5.83. The fourth-order valence-corrected chi connectivity index (χ4v) is 4.60. The molecule has 10 heteroatoms. The molecule has 1 N–H and O–H groups in total. The minimum absolute atomic E-state index is 0.0640. The number of hydrogen-bond acceptors (Lipinski definition) is 4. The van der Waals surface area contributed by atoms with Gasteiger partial charge >= 0.3 is 6.18 Å². The van der Waals surface area contributed by atoms with Gasteiger partial charge in [-0.25, -0.2) is 0 Å². The predicted molar refractivity (Wildman–Crippen MR) is 117 cm³/mol. The molecular formula is C21H19Br2F3N2O3. The number of halogens is 5. The number of ether oxygens (including phenoxy) is 1. The van der Waals surface area contributed by atoms with Gasteiger partial charge in [0.25, 0.3) is 11.5 Å². The summed E-state index contributed by atoms with van der Waals surface area (Å²) >= 11 is 6.46. The van der Waals surface area contributed by atoms with Crippen LogP contribution in [0.3, 0.4) is 0 Å². The highest BCUT2D eigenvalue weighted by molar-refractivity contribution is 9.11. The SMILES string of the molecule is COCCNC(=O)c1ccc(C2=NOC(c3cc(Br)cc(Br)c3)(C(F)(F)F)C2)cc1C. The molecule has 31 heavy (non-hydrogen) atoms. The van der Waals surface area contributed by atoms with E-state index >= 15 is 0 Å². The summed E-state index contributed by atoms with van der Waals surface area (Å²) in [5.74, 6) is -0.283. The molecule has 2 aromatic rings. The van der Waals surface area contributed by atoms with Gasteiger partial charge in [-0.15, -0.1) is 0 Å². The maximum absolute atomic E-state index is 14.2. The van der Waals surface area contributed by atoms with Gasteiger partial charge in [0.2, 0.25) is 0 Å². The quantitative estimate of drug-likeness (QED) is 0.474. The summed E-state index contributed by atoms with van der Waals surface area (Å²) in [5, 5.41) is 6.51. The Morgan fingerprint density at radius 1 is 1.23 bits per heavy atom. The Morgan fingerprint density at radius 2 is 1.90 bits per heavy atom. The smallest absolute Gasteiger partial charge is 0.383 e. The highest BCUT2D eigenvalue weighted by atomic mass is 79.9. The number of nitrogens with one attached hydrogen (secondary N) is 1. The van der Waals surface area contributed by atoms with Crippen LogP contribution in [0.5, 0.6) is 0 Å². The summed E-state index contributed by atoms with van der Waals surface area (Å²) in [5.41, 5.74) is -0.999. The monoisotopic (exact) mass is 562 g/mol. The van der Waals surface area contributed by atoms with E-state index in [1.165, 1.54) is 19.2 Å². The lowest BCUT2D eigenvalue weighted by molar-refractivity contribution is -0.275. The third-order valence-electron chi connectivity index (χ3n) is 4.91. The summed E-state index contributed by atoms with van der Waals surface area (Å²) in [6.45, 7) is 2.45. The number of rotatable bonds is 6. The highest BCUT2D eigenvalue weighted by Gasteiger charge is 2.62. The maximum atomic E-state index is 14.2. The summed E-state index contributed by atoms with van der Waals surface area (Å²) in [6.07, 6.45) is -5.19. The first-order chi connectivity index (χ1) is 14.6. The van der Waals surface area contributed by atoms with Crippen molar-refractivity contribution in [2.75, 3.05) is 20.3 Å². The molecule has 0 radical (unpaired) electrons. The van der Waals surface area contributed by atoms with Crippen molar-refractivity contribution in [1.82, 2.24) is 5.32 Å². The number of amides is 1. The first-order valence-corrected chi connectivity index (χ1v) is 10.8. The van der Waals surface area contributed by atoms with E-state index in [-0.39, 0.29) is 17.2 Å². The number of carbonyl (C=O) groups is 1. The van der Waals surface area contributed by atoms with Gasteiger partial charge in [-0.2, -0.15) is 13.2 Å². The second-order valence-corrected chi connectivity index (χ2v) is 8.90. The molecule has 0 aromatic heterocycles. The van der Waals surface area contributed by atoms with E-state index in [9.17, 15) is 18.0 Å². The molecule has 0 saturated heterocycles. The molecule has 0 saturated carbocycles. The van der Waals surface area contributed by atoms with Crippen LogP contribution in [0.1, 0.15) is 33.5 Å². The van der Waals surface area contributed by atoms with Gasteiger partial charge in [-0.1, -0.05) is 43.1 Å². The zero-order valence-corrected chi connectivity index (χ0v) is 19.8. The summed E-state index contributed by atoms with van der Waals surface area (Å²) in [4.78, 5) is 17.4. The molecule has 0 aliphatic carbocycles. The topological polar surface area (TPSA) is 59.9 Å². The first-order valence-electron chi connectivity index (χ1n) is 9.24. The average molecular weight is 564 g/mol. The van der Waals surface area contributed by atoms with E-state index < -0.39 is 18.2 Å². The molecule has 166 valence electrons. The lowest BCUT2D eigenvalue weighted by Crippen LogP contribution is -2.42. The van der Waals surface area contributed by atoms with Crippen LogP contribution in [0.4, 0.5) is 13.2 Å². The number of carbonyl (C=O) groups excluding carboxylic acids is 1. The van der Waals surface area contributed by atoms with Gasteiger partial charge in [0.1, 0.15) is 0 Å². The van der Waals surface area contributed by atoms with Crippen molar-refractivity contribution in [3.8, 4) is 0 Å². The molecule has 1 amide bonds. The molecule has 0 bridgehead atoms. The van der Waals surface area contributed by atoms with Gasteiger partial charge in [0.15, 0.2) is 0 Å². The number of methoxy groups -OCH3 is 1. The van der Waals surface area contributed by atoms with Crippen molar-refractivity contribution in [2.24, 2.45) is 5.16 Å². The van der Waals surface area contributed by atoms with Crippen LogP contribution in [0.25, 0.3) is 0 Å². The Labute approximate surface area is 194 Å². The van der Waals surface area contributed by atoms with E-state index in [0.29, 0.717) is 38.8 Å². The Hall–Kier alpha value is -1.91. The minimum atomic E-state index is -4.70. The number of benzene rings is 2. The van der Waals surface area contributed by atoms with E-state index in [0.717, 1.165) is 0 Å². The zero-order chi connectivity index (χ0) is 22.8.